The molecule has 1 unspecified atom stereocenters. The van der Waals surface area contributed by atoms with Crippen molar-refractivity contribution in [1.29, 1.82) is 0 Å². The summed E-state index contributed by atoms with van der Waals surface area (Å²) in [5.41, 5.74) is 0. The van der Waals surface area contributed by atoms with Crippen LogP contribution in [0.5, 0.6) is 5.75 Å². The molecule has 16 heavy (non-hydrogen) atoms. The fourth-order valence-corrected chi connectivity index (χ4v) is 1.19. The number of hydrogen-bond acceptors (Lipinski definition) is 3. The zero-order chi connectivity index (χ0) is 12.1. The van der Waals surface area contributed by atoms with Crippen LogP contribution in [-0.2, 0) is 9.53 Å². The van der Waals surface area contributed by atoms with Gasteiger partial charge in [0.25, 0.3) is 0 Å². The molecule has 0 saturated carbocycles. The topological polar surface area (TPSA) is 35.5 Å². The summed E-state index contributed by atoms with van der Waals surface area (Å²) >= 11 is 0. The van der Waals surface area contributed by atoms with Gasteiger partial charge in [-0.25, -0.2) is 8.78 Å². The van der Waals surface area contributed by atoms with Crippen LogP contribution in [0.15, 0.2) is 18.2 Å². The predicted molar refractivity (Wildman–Crippen MR) is 53.1 cm³/mol. The van der Waals surface area contributed by atoms with Crippen LogP contribution >= 0.6 is 0 Å². The van der Waals surface area contributed by atoms with Gasteiger partial charge in [0.05, 0.1) is 13.5 Å². The van der Waals surface area contributed by atoms with Crippen molar-refractivity contribution in [3.8, 4) is 5.75 Å². The number of carbonyl (C=O) groups is 1. The monoisotopic (exact) mass is 230 g/mol. The molecule has 0 radical (unpaired) electrons. The van der Waals surface area contributed by atoms with Gasteiger partial charge < -0.3 is 9.47 Å². The zero-order valence-electron chi connectivity index (χ0n) is 9.00. The molecule has 0 aromatic heterocycles. The Morgan fingerprint density at radius 3 is 2.38 bits per heavy atom. The van der Waals surface area contributed by atoms with Crippen molar-refractivity contribution in [3.05, 3.63) is 29.8 Å². The predicted octanol–water partition coefficient (Wildman–Crippen LogP) is 2.30. The van der Waals surface area contributed by atoms with E-state index >= 15 is 0 Å². The van der Waals surface area contributed by atoms with Crippen molar-refractivity contribution in [2.75, 3.05) is 7.11 Å². The minimum atomic E-state index is -0.722. The first-order valence-corrected chi connectivity index (χ1v) is 4.71. The van der Waals surface area contributed by atoms with Gasteiger partial charge in [0.1, 0.15) is 23.5 Å². The summed E-state index contributed by atoms with van der Waals surface area (Å²) in [7, 11) is 1.26. The fourth-order valence-electron chi connectivity index (χ4n) is 1.19. The molecule has 0 heterocycles. The van der Waals surface area contributed by atoms with Gasteiger partial charge in [0.15, 0.2) is 0 Å². The van der Waals surface area contributed by atoms with E-state index in [1.807, 2.05) is 0 Å². The molecule has 3 nitrogen and oxygen atoms in total. The van der Waals surface area contributed by atoms with Crippen LogP contribution in [0.1, 0.15) is 13.3 Å². The first-order chi connectivity index (χ1) is 7.51. The third-order valence-corrected chi connectivity index (χ3v) is 1.86. The molecular weight excluding hydrogens is 218 g/mol. The molecule has 0 aliphatic carbocycles. The number of esters is 1. The van der Waals surface area contributed by atoms with E-state index in [1.165, 1.54) is 7.11 Å². The van der Waals surface area contributed by atoms with Crippen LogP contribution in [0.3, 0.4) is 0 Å². The molecule has 0 aliphatic rings. The van der Waals surface area contributed by atoms with Crippen LogP contribution in [0.4, 0.5) is 8.78 Å². The second-order valence-electron chi connectivity index (χ2n) is 3.31. The summed E-state index contributed by atoms with van der Waals surface area (Å²) in [6.45, 7) is 1.61. The Hall–Kier alpha value is -1.65. The van der Waals surface area contributed by atoms with Crippen molar-refractivity contribution in [1.82, 2.24) is 0 Å². The summed E-state index contributed by atoms with van der Waals surface area (Å²) in [5, 5.41) is 0. The van der Waals surface area contributed by atoms with Gasteiger partial charge in [-0.2, -0.15) is 0 Å². The molecule has 1 aromatic carbocycles. The maximum absolute atomic E-state index is 12.8. The summed E-state index contributed by atoms with van der Waals surface area (Å²) in [6.07, 6.45) is -0.483. The molecular formula is C11H12F2O3. The van der Waals surface area contributed by atoms with Crippen molar-refractivity contribution in [3.63, 3.8) is 0 Å². The minimum Gasteiger partial charge on any atom is -0.490 e. The Morgan fingerprint density at radius 2 is 1.88 bits per heavy atom. The standard InChI is InChI=1S/C11H12F2O3/c1-7(3-11(14)15-2)16-10-5-8(12)4-9(13)6-10/h4-7H,3H2,1-2H3. The van der Waals surface area contributed by atoms with Crippen LogP contribution in [0.25, 0.3) is 0 Å². The van der Waals surface area contributed by atoms with E-state index in [0.717, 1.165) is 18.2 Å². The van der Waals surface area contributed by atoms with Crippen molar-refractivity contribution < 1.29 is 23.0 Å². The molecule has 1 aromatic rings. The first-order valence-electron chi connectivity index (χ1n) is 4.71. The summed E-state index contributed by atoms with van der Waals surface area (Å²) in [6, 6.07) is 2.85. The van der Waals surface area contributed by atoms with Gasteiger partial charge in [-0.1, -0.05) is 0 Å². The lowest BCUT2D eigenvalue weighted by molar-refractivity contribution is -0.142. The molecule has 0 fully saturated rings. The zero-order valence-corrected chi connectivity index (χ0v) is 9.00. The molecule has 0 spiro atoms. The summed E-state index contributed by atoms with van der Waals surface area (Å²) < 4.78 is 35.2. The average molecular weight is 230 g/mol. The molecule has 0 saturated heterocycles. The Balaban J connectivity index is 2.62. The van der Waals surface area contributed by atoms with E-state index in [0.29, 0.717) is 0 Å². The van der Waals surface area contributed by atoms with E-state index in [1.54, 1.807) is 6.92 Å². The molecule has 88 valence electrons. The second-order valence-corrected chi connectivity index (χ2v) is 3.31. The van der Waals surface area contributed by atoms with Crippen molar-refractivity contribution in [2.24, 2.45) is 0 Å². The maximum atomic E-state index is 12.8. The quantitative estimate of drug-likeness (QED) is 0.744. The number of carbonyl (C=O) groups excluding carboxylic acids is 1. The van der Waals surface area contributed by atoms with Crippen LogP contribution in [0.2, 0.25) is 0 Å². The largest absolute Gasteiger partial charge is 0.490 e. The first kappa shape index (κ1) is 12.4. The highest BCUT2D eigenvalue weighted by atomic mass is 19.1. The Kier molecular flexibility index (Phi) is 4.22. The average Bonchev–Trinajstić information content (AvgIpc) is 2.15. The van der Waals surface area contributed by atoms with Crippen molar-refractivity contribution >= 4 is 5.97 Å². The third-order valence-electron chi connectivity index (χ3n) is 1.86. The molecule has 0 aliphatic heterocycles. The Labute approximate surface area is 92.0 Å². The van der Waals surface area contributed by atoms with Crippen LogP contribution in [-0.4, -0.2) is 19.2 Å². The number of ether oxygens (including phenoxy) is 2. The van der Waals surface area contributed by atoms with E-state index in [2.05, 4.69) is 4.74 Å². The molecule has 0 N–H and O–H groups in total. The lowest BCUT2D eigenvalue weighted by Gasteiger charge is -2.13. The van der Waals surface area contributed by atoms with Crippen molar-refractivity contribution in [2.45, 2.75) is 19.4 Å². The third kappa shape index (κ3) is 3.84. The normalized spacial score (nSPS) is 12.0. The second kappa shape index (κ2) is 5.44. The van der Waals surface area contributed by atoms with E-state index in [9.17, 15) is 13.6 Å². The number of benzene rings is 1. The van der Waals surface area contributed by atoms with Crippen LogP contribution < -0.4 is 4.74 Å². The van der Waals surface area contributed by atoms with Gasteiger partial charge in [0.2, 0.25) is 0 Å². The van der Waals surface area contributed by atoms with E-state index in [-0.39, 0.29) is 12.2 Å². The molecule has 0 amide bonds. The Morgan fingerprint density at radius 1 is 1.31 bits per heavy atom. The fraction of sp³-hybridized carbons (Fsp3) is 0.364. The minimum absolute atomic E-state index is 0.0225. The van der Waals surface area contributed by atoms with Gasteiger partial charge in [-0.05, 0) is 6.92 Å². The van der Waals surface area contributed by atoms with E-state index < -0.39 is 23.7 Å². The van der Waals surface area contributed by atoms with Gasteiger partial charge in [-0.15, -0.1) is 0 Å². The highest BCUT2D eigenvalue weighted by Crippen LogP contribution is 2.17. The Bertz CT molecular complexity index is 359. The van der Waals surface area contributed by atoms with Gasteiger partial charge in [-0.3, -0.25) is 4.79 Å². The lowest BCUT2D eigenvalue weighted by Crippen LogP contribution is -2.18. The summed E-state index contributed by atoms with van der Waals surface area (Å²) in [4.78, 5) is 10.9. The van der Waals surface area contributed by atoms with Crippen LogP contribution in [0, 0.1) is 11.6 Å². The lowest BCUT2D eigenvalue weighted by atomic mass is 10.2. The molecule has 0 bridgehead atoms. The highest BCUT2D eigenvalue weighted by Gasteiger charge is 2.11. The number of hydrogen-bond donors (Lipinski definition) is 0. The van der Waals surface area contributed by atoms with E-state index in [4.69, 9.17) is 4.74 Å². The summed E-state index contributed by atoms with van der Waals surface area (Å²) in [5.74, 6) is -1.83. The number of methoxy groups -OCH3 is 1. The van der Waals surface area contributed by atoms with Gasteiger partial charge in [0, 0.05) is 18.2 Å². The highest BCUT2D eigenvalue weighted by molar-refractivity contribution is 5.69. The maximum Gasteiger partial charge on any atom is 0.309 e. The molecule has 5 heteroatoms. The van der Waals surface area contributed by atoms with Gasteiger partial charge >= 0.3 is 5.97 Å². The number of rotatable bonds is 4. The molecule has 1 rings (SSSR count). The number of halogens is 2. The molecule has 1 atom stereocenters. The SMILES string of the molecule is COC(=O)CC(C)Oc1cc(F)cc(F)c1. The smallest absolute Gasteiger partial charge is 0.309 e.